The van der Waals surface area contributed by atoms with Crippen molar-refractivity contribution in [2.75, 3.05) is 0 Å². The molecular weight excluding hydrogens is 220 g/mol. The molecule has 2 aromatic heterocycles. The summed E-state index contributed by atoms with van der Waals surface area (Å²) in [5, 5.41) is 0. The van der Waals surface area contributed by atoms with Gasteiger partial charge in [0.05, 0.1) is 17.4 Å². The Morgan fingerprint density at radius 2 is 2.31 bits per heavy atom. The zero-order chi connectivity index (χ0) is 11.0. The molecule has 3 rings (SSSR count). The van der Waals surface area contributed by atoms with E-state index in [0.717, 1.165) is 22.5 Å². The Morgan fingerprint density at radius 1 is 1.38 bits per heavy atom. The number of H-pyrrole nitrogens is 1. The fourth-order valence-corrected chi connectivity index (χ4v) is 1.85. The SMILES string of the molecule is SCc1nc2ccc(-n3ccnc3)cc2[nH]1. The number of imidazole rings is 2. The van der Waals surface area contributed by atoms with E-state index < -0.39 is 0 Å². The molecule has 0 atom stereocenters. The van der Waals surface area contributed by atoms with Gasteiger partial charge in [-0.15, -0.1) is 0 Å². The zero-order valence-electron chi connectivity index (χ0n) is 8.46. The molecule has 1 N–H and O–H groups in total. The highest BCUT2D eigenvalue weighted by Crippen LogP contribution is 2.17. The van der Waals surface area contributed by atoms with Crippen LogP contribution in [0.4, 0.5) is 0 Å². The molecule has 1 aromatic carbocycles. The van der Waals surface area contributed by atoms with E-state index in [0.29, 0.717) is 5.75 Å². The summed E-state index contributed by atoms with van der Waals surface area (Å²) in [5.41, 5.74) is 3.06. The summed E-state index contributed by atoms with van der Waals surface area (Å²) < 4.78 is 1.96. The van der Waals surface area contributed by atoms with E-state index in [1.54, 1.807) is 12.5 Å². The average molecular weight is 230 g/mol. The van der Waals surface area contributed by atoms with E-state index in [1.807, 2.05) is 22.9 Å². The number of aromatic amines is 1. The second-order valence-corrected chi connectivity index (χ2v) is 3.83. The monoisotopic (exact) mass is 230 g/mol. The molecule has 0 aliphatic heterocycles. The Labute approximate surface area is 97.8 Å². The maximum absolute atomic E-state index is 4.40. The maximum Gasteiger partial charge on any atom is 0.117 e. The number of aromatic nitrogens is 4. The van der Waals surface area contributed by atoms with Gasteiger partial charge in [-0.05, 0) is 18.2 Å². The second kappa shape index (κ2) is 3.68. The molecule has 4 nitrogen and oxygen atoms in total. The van der Waals surface area contributed by atoms with Gasteiger partial charge >= 0.3 is 0 Å². The molecule has 0 aliphatic carbocycles. The summed E-state index contributed by atoms with van der Waals surface area (Å²) in [7, 11) is 0. The standard InChI is InChI=1S/C11H10N4S/c16-6-11-13-9-2-1-8(5-10(9)14-11)15-4-3-12-7-15/h1-5,7,16H,6H2,(H,13,14). The molecule has 0 amide bonds. The van der Waals surface area contributed by atoms with Crippen LogP contribution < -0.4 is 0 Å². The summed E-state index contributed by atoms with van der Waals surface area (Å²) in [5.74, 6) is 1.51. The molecule has 0 aliphatic rings. The smallest absolute Gasteiger partial charge is 0.117 e. The number of nitrogens with one attached hydrogen (secondary N) is 1. The summed E-state index contributed by atoms with van der Waals surface area (Å²) in [4.78, 5) is 11.6. The summed E-state index contributed by atoms with van der Waals surface area (Å²) in [6.07, 6.45) is 5.45. The quantitative estimate of drug-likeness (QED) is 0.663. The number of hydrogen-bond acceptors (Lipinski definition) is 3. The summed E-state index contributed by atoms with van der Waals surface area (Å²) >= 11 is 4.20. The van der Waals surface area contributed by atoms with Crippen molar-refractivity contribution in [1.82, 2.24) is 19.5 Å². The zero-order valence-corrected chi connectivity index (χ0v) is 9.35. The van der Waals surface area contributed by atoms with Crippen LogP contribution in [-0.4, -0.2) is 19.5 Å². The normalized spacial score (nSPS) is 11.1. The summed E-state index contributed by atoms with van der Waals surface area (Å²) in [6, 6.07) is 6.07. The predicted octanol–water partition coefficient (Wildman–Crippen LogP) is 2.18. The molecule has 0 unspecified atom stereocenters. The number of thiol groups is 1. The minimum atomic E-state index is 0.620. The molecule has 0 spiro atoms. The van der Waals surface area contributed by atoms with Crippen molar-refractivity contribution < 1.29 is 0 Å². The van der Waals surface area contributed by atoms with E-state index in [1.165, 1.54) is 0 Å². The largest absolute Gasteiger partial charge is 0.341 e. The fraction of sp³-hybridized carbons (Fsp3) is 0.0909. The number of hydrogen-bond donors (Lipinski definition) is 2. The Kier molecular flexibility index (Phi) is 2.18. The molecule has 3 aromatic rings. The highest BCUT2D eigenvalue weighted by atomic mass is 32.1. The lowest BCUT2D eigenvalue weighted by molar-refractivity contribution is 1.06. The Morgan fingerprint density at radius 3 is 3.06 bits per heavy atom. The third-order valence-electron chi connectivity index (χ3n) is 2.47. The number of benzene rings is 1. The van der Waals surface area contributed by atoms with Crippen LogP contribution in [0.15, 0.2) is 36.9 Å². The molecule has 80 valence electrons. The number of fused-ring (bicyclic) bond motifs is 1. The van der Waals surface area contributed by atoms with Gasteiger partial charge in [-0.25, -0.2) is 9.97 Å². The van der Waals surface area contributed by atoms with E-state index >= 15 is 0 Å². The van der Waals surface area contributed by atoms with Crippen LogP contribution >= 0.6 is 12.6 Å². The van der Waals surface area contributed by atoms with Crippen molar-refractivity contribution in [3.8, 4) is 5.69 Å². The minimum Gasteiger partial charge on any atom is -0.341 e. The van der Waals surface area contributed by atoms with Crippen LogP contribution in [0.5, 0.6) is 0 Å². The Bertz CT molecular complexity index is 612. The van der Waals surface area contributed by atoms with Crippen molar-refractivity contribution in [2.45, 2.75) is 5.75 Å². The lowest BCUT2D eigenvalue weighted by atomic mass is 10.3. The van der Waals surface area contributed by atoms with Crippen molar-refractivity contribution in [3.63, 3.8) is 0 Å². The molecular formula is C11H10N4S. The van der Waals surface area contributed by atoms with Gasteiger partial charge in [-0.2, -0.15) is 12.6 Å². The number of rotatable bonds is 2. The topological polar surface area (TPSA) is 46.5 Å². The lowest BCUT2D eigenvalue weighted by Gasteiger charge is -2.00. The van der Waals surface area contributed by atoms with Crippen LogP contribution in [0, 0.1) is 0 Å². The van der Waals surface area contributed by atoms with Gasteiger partial charge in [-0.3, -0.25) is 0 Å². The van der Waals surface area contributed by atoms with E-state index in [2.05, 4.69) is 33.6 Å². The molecule has 0 saturated carbocycles. The highest BCUT2D eigenvalue weighted by Gasteiger charge is 2.03. The molecule has 0 radical (unpaired) electrons. The lowest BCUT2D eigenvalue weighted by Crippen LogP contribution is -1.88. The van der Waals surface area contributed by atoms with Gasteiger partial charge in [0.2, 0.25) is 0 Å². The van der Waals surface area contributed by atoms with Crippen LogP contribution in [0.3, 0.4) is 0 Å². The second-order valence-electron chi connectivity index (χ2n) is 3.51. The van der Waals surface area contributed by atoms with Crippen LogP contribution in [-0.2, 0) is 5.75 Å². The Balaban J connectivity index is 2.15. The fourth-order valence-electron chi connectivity index (χ4n) is 1.70. The van der Waals surface area contributed by atoms with Gasteiger partial charge < -0.3 is 9.55 Å². The average Bonchev–Trinajstić information content (AvgIpc) is 2.96. The van der Waals surface area contributed by atoms with E-state index in [9.17, 15) is 0 Å². The predicted molar refractivity (Wildman–Crippen MR) is 65.9 cm³/mol. The first-order chi connectivity index (χ1) is 7.86. The van der Waals surface area contributed by atoms with Crippen molar-refractivity contribution in [2.24, 2.45) is 0 Å². The maximum atomic E-state index is 4.40. The van der Waals surface area contributed by atoms with Crippen LogP contribution in [0.2, 0.25) is 0 Å². The van der Waals surface area contributed by atoms with Crippen LogP contribution in [0.25, 0.3) is 16.7 Å². The van der Waals surface area contributed by atoms with Crippen molar-refractivity contribution in [1.29, 1.82) is 0 Å². The van der Waals surface area contributed by atoms with Gasteiger partial charge in [0.25, 0.3) is 0 Å². The Hall–Kier alpha value is -1.75. The summed E-state index contributed by atoms with van der Waals surface area (Å²) in [6.45, 7) is 0. The van der Waals surface area contributed by atoms with E-state index in [-0.39, 0.29) is 0 Å². The highest BCUT2D eigenvalue weighted by molar-refractivity contribution is 7.79. The van der Waals surface area contributed by atoms with Gasteiger partial charge in [-0.1, -0.05) is 0 Å². The first-order valence-electron chi connectivity index (χ1n) is 4.94. The van der Waals surface area contributed by atoms with Crippen molar-refractivity contribution >= 4 is 23.7 Å². The third kappa shape index (κ3) is 1.49. The first kappa shape index (κ1) is 9.47. The van der Waals surface area contributed by atoms with Gasteiger partial charge in [0.1, 0.15) is 5.82 Å². The van der Waals surface area contributed by atoms with Gasteiger partial charge in [0, 0.05) is 23.8 Å². The molecule has 16 heavy (non-hydrogen) atoms. The minimum absolute atomic E-state index is 0.620. The molecule has 0 fully saturated rings. The molecule has 2 heterocycles. The number of nitrogens with zero attached hydrogens (tertiary/aromatic N) is 3. The third-order valence-corrected chi connectivity index (χ3v) is 2.77. The first-order valence-corrected chi connectivity index (χ1v) is 5.58. The van der Waals surface area contributed by atoms with Gasteiger partial charge in [0.15, 0.2) is 0 Å². The molecule has 0 saturated heterocycles. The van der Waals surface area contributed by atoms with Crippen LogP contribution in [0.1, 0.15) is 5.82 Å². The van der Waals surface area contributed by atoms with E-state index in [4.69, 9.17) is 0 Å². The van der Waals surface area contributed by atoms with Crippen molar-refractivity contribution in [3.05, 3.63) is 42.7 Å². The molecule has 5 heteroatoms. The molecule has 0 bridgehead atoms.